The summed E-state index contributed by atoms with van der Waals surface area (Å²) in [7, 11) is 0. The van der Waals surface area contributed by atoms with Crippen molar-refractivity contribution in [2.24, 2.45) is 0 Å². The molecule has 0 atom stereocenters. The van der Waals surface area contributed by atoms with Gasteiger partial charge in [-0.1, -0.05) is 41.5 Å². The Hall–Kier alpha value is 0.223. The van der Waals surface area contributed by atoms with Crippen molar-refractivity contribution in [3.63, 3.8) is 0 Å². The SMILES string of the molecule is CC[N-]CC.CC[N-]CC.CC[N-]CC.F[C](F)(F)[GeH][C](F)(F)F.[Hf+4].c1cc[cH-]c1. The Morgan fingerprint density at radius 1 is 0.600 bits per heavy atom. The molecular weight excluding hydrogens is 635 g/mol. The topological polar surface area (TPSA) is 42.3 Å². The average molecular weight is 672 g/mol. The van der Waals surface area contributed by atoms with E-state index in [-0.39, 0.29) is 25.8 Å². The maximum Gasteiger partial charge on any atom is 4.00 e. The normalized spacial score (nSPS) is 9.73. The molecule has 11 heteroatoms. The Labute approximate surface area is 204 Å². The summed E-state index contributed by atoms with van der Waals surface area (Å²) >= 11 is -4.06. The summed E-state index contributed by atoms with van der Waals surface area (Å²) in [4.78, 5) is 0. The van der Waals surface area contributed by atoms with Crippen LogP contribution in [0.15, 0.2) is 30.3 Å². The molecule has 0 N–H and O–H groups in total. The van der Waals surface area contributed by atoms with Crippen LogP contribution in [-0.4, -0.2) is 64.7 Å². The summed E-state index contributed by atoms with van der Waals surface area (Å²) in [5.41, 5.74) is 0. The minimum Gasteiger partial charge on any atom is -0.214 e. The standard InChI is InChI=1S/C5H5.3C4H10N.C2HF6Ge.Hf/c1-2-4-5-3-1;3*1-3-5-4-2;3-1(4,5)9-2(6,7)8;/h1-5H;3*3-4H2,1-2H3;9H;/q4*-1;;+4. The van der Waals surface area contributed by atoms with Crippen molar-refractivity contribution in [2.45, 2.75) is 51.6 Å². The van der Waals surface area contributed by atoms with Crippen molar-refractivity contribution >= 4 is 15.4 Å². The van der Waals surface area contributed by atoms with E-state index in [4.69, 9.17) is 0 Å². The predicted octanol–water partition coefficient (Wildman–Crippen LogP) is 7.07. The molecule has 0 aliphatic rings. The van der Waals surface area contributed by atoms with Crippen LogP contribution in [0, 0.1) is 0 Å². The van der Waals surface area contributed by atoms with E-state index in [9.17, 15) is 26.3 Å². The second kappa shape index (κ2) is 31.4. The summed E-state index contributed by atoms with van der Waals surface area (Å²) < 4.78 is 65.4. The van der Waals surface area contributed by atoms with Crippen LogP contribution >= 0.6 is 0 Å². The van der Waals surface area contributed by atoms with Gasteiger partial charge in [-0.25, -0.2) is 12.1 Å². The zero-order chi connectivity index (χ0) is 23.6. The van der Waals surface area contributed by atoms with Crippen LogP contribution in [0.3, 0.4) is 0 Å². The third kappa shape index (κ3) is 70.5. The van der Waals surface area contributed by atoms with Crippen LogP contribution in [0.5, 0.6) is 0 Å². The van der Waals surface area contributed by atoms with Crippen molar-refractivity contribution in [1.29, 1.82) is 0 Å². The summed E-state index contributed by atoms with van der Waals surface area (Å²) in [6.45, 7) is 18.1. The Balaban J connectivity index is -0.0000000884. The molecule has 3 nitrogen and oxygen atoms in total. The van der Waals surface area contributed by atoms with Gasteiger partial charge in [0.25, 0.3) is 0 Å². The van der Waals surface area contributed by atoms with E-state index in [1.54, 1.807) is 0 Å². The third-order valence-corrected chi connectivity index (χ3v) is 3.60. The first-order valence-corrected chi connectivity index (χ1v) is 11.9. The van der Waals surface area contributed by atoms with Crippen molar-refractivity contribution in [1.82, 2.24) is 0 Å². The fraction of sp³-hybridized carbons (Fsp3) is 0.737. The van der Waals surface area contributed by atoms with Crippen LogP contribution in [0.4, 0.5) is 26.3 Å². The molecule has 0 amide bonds. The van der Waals surface area contributed by atoms with Gasteiger partial charge < -0.3 is 16.0 Å². The molecule has 0 unspecified atom stereocenters. The largest absolute Gasteiger partial charge is 4.00 e. The van der Waals surface area contributed by atoms with Crippen LogP contribution in [0.1, 0.15) is 41.5 Å². The molecule has 1 aromatic rings. The minimum absolute atomic E-state index is 0. The van der Waals surface area contributed by atoms with Crippen molar-refractivity contribution in [3.05, 3.63) is 46.3 Å². The first-order chi connectivity index (χ1) is 13.4. The predicted molar refractivity (Wildman–Crippen MR) is 115 cm³/mol. The smallest absolute Gasteiger partial charge is 0.214 e. The van der Waals surface area contributed by atoms with Gasteiger partial charge in [-0.2, -0.15) is 57.5 Å². The molecule has 1 rings (SSSR count). The molecule has 0 aliphatic carbocycles. The maximum atomic E-state index is 10.9. The molecule has 30 heavy (non-hydrogen) atoms. The second-order valence-corrected chi connectivity index (χ2v) is 8.11. The molecule has 0 saturated carbocycles. The zero-order valence-electron chi connectivity index (χ0n) is 18.8. The van der Waals surface area contributed by atoms with Gasteiger partial charge in [0.1, 0.15) is 0 Å². The van der Waals surface area contributed by atoms with Crippen LogP contribution in [0.25, 0.3) is 16.0 Å². The molecule has 0 bridgehead atoms. The minimum atomic E-state index is -4.98. The van der Waals surface area contributed by atoms with Gasteiger partial charge in [-0.3, -0.25) is 0 Å². The Morgan fingerprint density at radius 3 is 0.867 bits per heavy atom. The molecule has 1 aromatic carbocycles. The maximum absolute atomic E-state index is 10.9. The second-order valence-electron chi connectivity index (χ2n) is 4.76. The van der Waals surface area contributed by atoms with E-state index in [1.165, 1.54) is 0 Å². The van der Waals surface area contributed by atoms with E-state index in [0.29, 0.717) is 0 Å². The van der Waals surface area contributed by atoms with Crippen LogP contribution in [0.2, 0.25) is 0 Å². The van der Waals surface area contributed by atoms with Gasteiger partial charge in [-0.05, 0) is 0 Å². The fourth-order valence-electron chi connectivity index (χ4n) is 1.18. The molecule has 0 fully saturated rings. The molecule has 177 valence electrons. The summed E-state index contributed by atoms with van der Waals surface area (Å²) in [6, 6.07) is 10.0. The van der Waals surface area contributed by atoms with Crippen molar-refractivity contribution in [3.8, 4) is 0 Å². The Kier molecular flexibility index (Phi) is 42.5. The third-order valence-electron chi connectivity index (χ3n) is 2.22. The number of hydrogen-bond donors (Lipinski definition) is 0. The van der Waals surface area contributed by atoms with Gasteiger partial charge in [0.2, 0.25) is 0 Å². The number of nitrogens with zero attached hydrogens (tertiary/aromatic N) is 3. The number of rotatable bonds is 6. The molecule has 0 heterocycles. The zero-order valence-corrected chi connectivity index (χ0v) is 24.8. The van der Waals surface area contributed by atoms with Crippen LogP contribution < -0.4 is 0 Å². The van der Waals surface area contributed by atoms with Crippen LogP contribution in [-0.2, 0) is 25.8 Å². The quantitative estimate of drug-likeness (QED) is 0.177. The molecule has 0 spiro atoms. The van der Waals surface area contributed by atoms with Crippen molar-refractivity contribution < 1.29 is 52.2 Å². The molecular formula is C19H36F6GeHfN3. The molecule has 0 saturated heterocycles. The van der Waals surface area contributed by atoms with E-state index < -0.39 is 25.4 Å². The molecule has 1 radical (unpaired) electrons. The van der Waals surface area contributed by atoms with E-state index in [0.717, 1.165) is 39.3 Å². The first kappa shape index (κ1) is 40.6. The summed E-state index contributed by atoms with van der Waals surface area (Å²) in [5, 5.41) is 1.95. The molecule has 0 aromatic heterocycles. The van der Waals surface area contributed by atoms with E-state index in [1.807, 2.05) is 71.9 Å². The number of hydrogen-bond acceptors (Lipinski definition) is 0. The summed E-state index contributed by atoms with van der Waals surface area (Å²) in [6.07, 6.45) is 0. The first-order valence-electron chi connectivity index (χ1n) is 9.52. The average Bonchev–Trinajstić information content (AvgIpc) is 3.15. The van der Waals surface area contributed by atoms with Gasteiger partial charge >= 0.3 is 77.6 Å². The number of halogens is 6. The van der Waals surface area contributed by atoms with Gasteiger partial charge in [-0.15, -0.1) is 0 Å². The van der Waals surface area contributed by atoms with E-state index >= 15 is 0 Å². The Bertz CT molecular complexity index is 315. The van der Waals surface area contributed by atoms with Gasteiger partial charge in [0.05, 0.1) is 0 Å². The summed E-state index contributed by atoms with van der Waals surface area (Å²) in [5.74, 6) is 0. The van der Waals surface area contributed by atoms with E-state index in [2.05, 4.69) is 16.0 Å². The molecule has 0 aliphatic heterocycles. The Morgan fingerprint density at radius 2 is 0.833 bits per heavy atom. The van der Waals surface area contributed by atoms with Gasteiger partial charge in [0.15, 0.2) is 0 Å². The van der Waals surface area contributed by atoms with Crippen molar-refractivity contribution in [2.75, 3.05) is 39.3 Å². The monoisotopic (exact) mass is 674 g/mol. The fourth-order valence-corrected chi connectivity index (χ4v) is 1.96. The number of alkyl halides is 6. The van der Waals surface area contributed by atoms with Gasteiger partial charge in [0, 0.05) is 0 Å².